The molecular weight excluding hydrogens is 320 g/mol. The lowest BCUT2D eigenvalue weighted by Gasteiger charge is -2.13. The summed E-state index contributed by atoms with van der Waals surface area (Å²) in [6.45, 7) is 0.355. The van der Waals surface area contributed by atoms with Crippen LogP contribution in [-0.4, -0.2) is 46.2 Å². The molecular formula is C14H18N4O2S2. The van der Waals surface area contributed by atoms with E-state index < -0.39 is 0 Å². The summed E-state index contributed by atoms with van der Waals surface area (Å²) in [6.07, 6.45) is 4.54. The van der Waals surface area contributed by atoms with Crippen molar-refractivity contribution in [2.45, 2.75) is 37.8 Å². The molecule has 1 aromatic rings. The smallest absolute Gasteiger partial charge is 0.271 e. The molecule has 1 saturated carbocycles. The first-order valence-electron chi connectivity index (χ1n) is 7.38. The molecule has 1 aliphatic heterocycles. The van der Waals surface area contributed by atoms with E-state index >= 15 is 0 Å². The van der Waals surface area contributed by atoms with Crippen molar-refractivity contribution in [2.24, 2.45) is 4.99 Å². The standard InChI is InChI=1S/C14H18N4O2S2/c19-13(10-6-21-8-16-10)15-5-12-18-11(7-22-12)14(20)17-9-3-1-2-4-9/h6,8-9,11H,1-5,7H2,(H,15,19)(H,17,20)/t11-/m1/s1. The Hall–Kier alpha value is -1.41. The van der Waals surface area contributed by atoms with Crippen molar-refractivity contribution in [1.82, 2.24) is 15.6 Å². The molecule has 2 aliphatic rings. The van der Waals surface area contributed by atoms with Gasteiger partial charge in [0.25, 0.3) is 5.91 Å². The second-order valence-electron chi connectivity index (χ2n) is 5.40. The Bertz CT molecular complexity index is 567. The van der Waals surface area contributed by atoms with Gasteiger partial charge in [-0.15, -0.1) is 23.1 Å². The van der Waals surface area contributed by atoms with Gasteiger partial charge in [-0.25, -0.2) is 4.98 Å². The topological polar surface area (TPSA) is 83.5 Å². The van der Waals surface area contributed by atoms with Crippen molar-refractivity contribution < 1.29 is 9.59 Å². The van der Waals surface area contributed by atoms with Gasteiger partial charge >= 0.3 is 0 Å². The third-order valence-corrected chi connectivity index (χ3v) is 5.43. The molecule has 0 aromatic carbocycles. The number of aliphatic imine (C=N–C) groups is 1. The molecule has 1 fully saturated rings. The number of nitrogens with zero attached hydrogens (tertiary/aromatic N) is 2. The first kappa shape index (κ1) is 15.5. The summed E-state index contributed by atoms with van der Waals surface area (Å²) in [4.78, 5) is 32.3. The van der Waals surface area contributed by atoms with Crippen molar-refractivity contribution in [2.75, 3.05) is 12.3 Å². The maximum Gasteiger partial charge on any atom is 0.271 e. The highest BCUT2D eigenvalue weighted by Gasteiger charge is 2.27. The first-order valence-corrected chi connectivity index (χ1v) is 9.31. The number of thioether (sulfide) groups is 1. The average Bonchev–Trinajstić information content (AvgIpc) is 3.25. The van der Waals surface area contributed by atoms with Crippen LogP contribution in [0.3, 0.4) is 0 Å². The normalized spacial score (nSPS) is 21.6. The molecule has 2 N–H and O–H groups in total. The number of carbonyl (C=O) groups excluding carboxylic acids is 2. The van der Waals surface area contributed by atoms with E-state index in [1.54, 1.807) is 10.9 Å². The maximum atomic E-state index is 12.1. The molecule has 2 heterocycles. The third-order valence-electron chi connectivity index (χ3n) is 3.78. The monoisotopic (exact) mass is 338 g/mol. The molecule has 0 unspecified atom stereocenters. The molecule has 22 heavy (non-hydrogen) atoms. The Kier molecular flexibility index (Phi) is 5.09. The van der Waals surface area contributed by atoms with Gasteiger partial charge in [0.05, 0.1) is 17.1 Å². The number of carbonyl (C=O) groups is 2. The zero-order chi connectivity index (χ0) is 15.4. The SMILES string of the molecule is O=C(NCC1=N[C@@H](C(=O)NC2CCCC2)CS1)c1cscn1. The summed E-state index contributed by atoms with van der Waals surface area (Å²) >= 11 is 2.92. The van der Waals surface area contributed by atoms with Crippen LogP contribution in [0.15, 0.2) is 15.9 Å². The minimum absolute atomic E-state index is 0.0141. The van der Waals surface area contributed by atoms with Gasteiger partial charge in [-0.2, -0.15) is 0 Å². The molecule has 8 heteroatoms. The van der Waals surface area contributed by atoms with E-state index in [-0.39, 0.29) is 17.9 Å². The summed E-state index contributed by atoms with van der Waals surface area (Å²) in [6, 6.07) is -0.00195. The first-order chi connectivity index (χ1) is 10.7. The highest BCUT2D eigenvalue weighted by atomic mass is 32.2. The second-order valence-corrected chi connectivity index (χ2v) is 7.21. The van der Waals surface area contributed by atoms with E-state index in [2.05, 4.69) is 20.6 Å². The van der Waals surface area contributed by atoms with Crippen molar-refractivity contribution >= 4 is 40.0 Å². The molecule has 118 valence electrons. The molecule has 1 aromatic heterocycles. The quantitative estimate of drug-likeness (QED) is 0.851. The molecule has 0 saturated heterocycles. The Morgan fingerprint density at radius 1 is 1.32 bits per heavy atom. The predicted octanol–water partition coefficient (Wildman–Crippen LogP) is 1.45. The van der Waals surface area contributed by atoms with Gasteiger partial charge < -0.3 is 10.6 Å². The molecule has 6 nitrogen and oxygen atoms in total. The highest BCUT2D eigenvalue weighted by Crippen LogP contribution is 2.21. The van der Waals surface area contributed by atoms with Crippen LogP contribution in [0.2, 0.25) is 0 Å². The zero-order valence-electron chi connectivity index (χ0n) is 12.1. The summed E-state index contributed by atoms with van der Waals surface area (Å²) in [7, 11) is 0. The minimum atomic E-state index is -0.322. The molecule has 0 bridgehead atoms. The van der Waals surface area contributed by atoms with Gasteiger partial charge in [-0.3, -0.25) is 14.6 Å². The van der Waals surface area contributed by atoms with Gasteiger partial charge in [-0.05, 0) is 12.8 Å². The van der Waals surface area contributed by atoms with E-state index in [4.69, 9.17) is 0 Å². The lowest BCUT2D eigenvalue weighted by Crippen LogP contribution is -2.39. The van der Waals surface area contributed by atoms with E-state index in [0.717, 1.165) is 17.9 Å². The Morgan fingerprint density at radius 2 is 2.14 bits per heavy atom. The summed E-state index contributed by atoms with van der Waals surface area (Å²) in [5, 5.41) is 8.36. The van der Waals surface area contributed by atoms with E-state index in [1.165, 1.54) is 35.9 Å². The van der Waals surface area contributed by atoms with Crippen LogP contribution < -0.4 is 10.6 Å². The van der Waals surface area contributed by atoms with E-state index in [0.29, 0.717) is 24.0 Å². The summed E-state index contributed by atoms with van der Waals surface area (Å²) in [5.41, 5.74) is 2.05. The lowest BCUT2D eigenvalue weighted by molar-refractivity contribution is -0.122. The average molecular weight is 338 g/mol. The third kappa shape index (κ3) is 3.86. The van der Waals surface area contributed by atoms with E-state index in [9.17, 15) is 9.59 Å². The fourth-order valence-electron chi connectivity index (χ4n) is 2.59. The Balaban J connectivity index is 1.46. The molecule has 0 spiro atoms. The largest absolute Gasteiger partial charge is 0.351 e. The van der Waals surface area contributed by atoms with Crippen molar-refractivity contribution in [3.05, 3.63) is 16.6 Å². The molecule has 1 aliphatic carbocycles. The Labute approximate surface area is 137 Å². The number of aromatic nitrogens is 1. The van der Waals surface area contributed by atoms with Crippen LogP contribution in [0.4, 0.5) is 0 Å². The number of thiazole rings is 1. The fourth-order valence-corrected chi connectivity index (χ4v) is 4.08. The molecule has 0 radical (unpaired) electrons. The fraction of sp³-hybridized carbons (Fsp3) is 0.571. The van der Waals surface area contributed by atoms with Crippen LogP contribution in [-0.2, 0) is 4.79 Å². The minimum Gasteiger partial charge on any atom is -0.351 e. The molecule has 2 amide bonds. The van der Waals surface area contributed by atoms with E-state index in [1.807, 2.05) is 0 Å². The number of nitrogens with one attached hydrogen (secondary N) is 2. The summed E-state index contributed by atoms with van der Waals surface area (Å²) in [5.74, 6) is 0.462. The van der Waals surface area contributed by atoms with Gasteiger partial charge in [0, 0.05) is 17.2 Å². The highest BCUT2D eigenvalue weighted by molar-refractivity contribution is 8.14. The van der Waals surface area contributed by atoms with Crippen molar-refractivity contribution in [1.29, 1.82) is 0 Å². The van der Waals surface area contributed by atoms with Crippen LogP contribution in [0.25, 0.3) is 0 Å². The van der Waals surface area contributed by atoms with Crippen LogP contribution in [0.5, 0.6) is 0 Å². The van der Waals surface area contributed by atoms with Crippen LogP contribution in [0, 0.1) is 0 Å². The van der Waals surface area contributed by atoms with Crippen molar-refractivity contribution in [3.8, 4) is 0 Å². The molecule has 1 atom stereocenters. The number of hydrogen-bond acceptors (Lipinski definition) is 6. The van der Waals surface area contributed by atoms with Gasteiger partial charge in [0.15, 0.2) is 0 Å². The predicted molar refractivity (Wildman–Crippen MR) is 88.5 cm³/mol. The molecule has 3 rings (SSSR count). The Morgan fingerprint density at radius 3 is 2.86 bits per heavy atom. The number of rotatable bonds is 5. The number of hydrogen-bond donors (Lipinski definition) is 2. The van der Waals surface area contributed by atoms with Crippen molar-refractivity contribution in [3.63, 3.8) is 0 Å². The maximum absolute atomic E-state index is 12.1. The van der Waals surface area contributed by atoms with Gasteiger partial charge in [-0.1, -0.05) is 12.8 Å². The second kappa shape index (κ2) is 7.23. The van der Waals surface area contributed by atoms with Crippen LogP contribution in [0.1, 0.15) is 36.2 Å². The number of amides is 2. The lowest BCUT2D eigenvalue weighted by atomic mass is 10.2. The van der Waals surface area contributed by atoms with Gasteiger partial charge in [0.1, 0.15) is 11.7 Å². The van der Waals surface area contributed by atoms with Gasteiger partial charge in [0.2, 0.25) is 5.91 Å². The summed E-state index contributed by atoms with van der Waals surface area (Å²) < 4.78 is 0. The zero-order valence-corrected chi connectivity index (χ0v) is 13.7. The van der Waals surface area contributed by atoms with Crippen LogP contribution >= 0.6 is 23.1 Å².